The summed E-state index contributed by atoms with van der Waals surface area (Å²) in [6.07, 6.45) is 3.16. The average Bonchev–Trinajstić information content (AvgIpc) is 2.96. The second-order valence-electron chi connectivity index (χ2n) is 5.74. The first kappa shape index (κ1) is 14.9. The Kier molecular flexibility index (Phi) is 3.94. The Morgan fingerprint density at radius 3 is 3.04 bits per heavy atom. The van der Waals surface area contributed by atoms with Gasteiger partial charge in [0.2, 0.25) is 5.89 Å². The first-order chi connectivity index (χ1) is 11.2. The van der Waals surface area contributed by atoms with Crippen molar-refractivity contribution in [3.05, 3.63) is 39.9 Å². The molecule has 0 spiro atoms. The van der Waals surface area contributed by atoms with Crippen LogP contribution in [0.5, 0.6) is 0 Å². The van der Waals surface area contributed by atoms with Gasteiger partial charge in [-0.1, -0.05) is 23.0 Å². The molecular formula is C15H17N5OS2. The molecule has 0 aromatic carbocycles. The number of hydrogen-bond acceptors (Lipinski definition) is 7. The minimum absolute atomic E-state index is 0.0625. The van der Waals surface area contributed by atoms with Crippen molar-refractivity contribution in [3.8, 4) is 0 Å². The summed E-state index contributed by atoms with van der Waals surface area (Å²) < 4.78 is 7.43. The van der Waals surface area contributed by atoms with E-state index >= 15 is 0 Å². The zero-order chi connectivity index (χ0) is 15.8. The maximum Gasteiger partial charge on any atom is 0.239 e. The van der Waals surface area contributed by atoms with E-state index < -0.39 is 0 Å². The number of aromatic nitrogens is 5. The molecule has 23 heavy (non-hydrogen) atoms. The third kappa shape index (κ3) is 3.18. The number of hydrogen-bond donors (Lipinski definition) is 0. The highest BCUT2D eigenvalue weighted by Crippen LogP contribution is 2.40. The van der Waals surface area contributed by atoms with E-state index in [0.29, 0.717) is 11.8 Å². The van der Waals surface area contributed by atoms with E-state index in [4.69, 9.17) is 4.52 Å². The number of thiophene rings is 1. The zero-order valence-electron chi connectivity index (χ0n) is 13.0. The minimum Gasteiger partial charge on any atom is -0.338 e. The van der Waals surface area contributed by atoms with Crippen molar-refractivity contribution in [2.24, 2.45) is 7.05 Å². The van der Waals surface area contributed by atoms with Crippen molar-refractivity contribution in [2.45, 2.75) is 42.5 Å². The molecule has 0 radical (unpaired) electrons. The van der Waals surface area contributed by atoms with Crippen LogP contribution in [0, 0.1) is 0 Å². The fourth-order valence-corrected chi connectivity index (χ4v) is 3.86. The van der Waals surface area contributed by atoms with E-state index in [1.807, 2.05) is 11.6 Å². The van der Waals surface area contributed by atoms with Gasteiger partial charge < -0.3 is 9.09 Å². The molecule has 3 aromatic rings. The molecule has 1 fully saturated rings. The Hall–Kier alpha value is -1.67. The van der Waals surface area contributed by atoms with Gasteiger partial charge in [0.15, 0.2) is 11.0 Å². The third-order valence-electron chi connectivity index (χ3n) is 3.87. The lowest BCUT2D eigenvalue weighted by atomic mass is 10.3. The third-order valence-corrected chi connectivity index (χ3v) is 5.87. The highest BCUT2D eigenvalue weighted by Gasteiger charge is 2.30. The van der Waals surface area contributed by atoms with Crippen LogP contribution in [0.1, 0.15) is 53.3 Å². The Bertz CT molecular complexity index is 791. The van der Waals surface area contributed by atoms with Crippen LogP contribution in [0.3, 0.4) is 0 Å². The van der Waals surface area contributed by atoms with Gasteiger partial charge in [-0.05, 0) is 31.2 Å². The molecule has 3 aromatic heterocycles. The fraction of sp³-hybridized carbons (Fsp3) is 0.467. The van der Waals surface area contributed by atoms with Crippen LogP contribution in [0.2, 0.25) is 0 Å². The summed E-state index contributed by atoms with van der Waals surface area (Å²) in [6, 6.07) is 4.17. The molecule has 0 saturated heterocycles. The highest BCUT2D eigenvalue weighted by molar-refractivity contribution is 7.99. The molecular weight excluding hydrogens is 330 g/mol. The molecule has 0 amide bonds. The van der Waals surface area contributed by atoms with Crippen molar-refractivity contribution in [1.82, 2.24) is 24.9 Å². The molecule has 1 saturated carbocycles. The minimum atomic E-state index is 0.0625. The average molecular weight is 347 g/mol. The van der Waals surface area contributed by atoms with Gasteiger partial charge in [-0.3, -0.25) is 0 Å². The smallest absolute Gasteiger partial charge is 0.239 e. The first-order valence-corrected chi connectivity index (χ1v) is 9.37. The van der Waals surface area contributed by atoms with E-state index in [-0.39, 0.29) is 5.25 Å². The largest absolute Gasteiger partial charge is 0.338 e. The van der Waals surface area contributed by atoms with E-state index in [1.54, 1.807) is 23.1 Å². The van der Waals surface area contributed by atoms with E-state index in [9.17, 15) is 0 Å². The quantitative estimate of drug-likeness (QED) is 0.635. The van der Waals surface area contributed by atoms with Gasteiger partial charge in [-0.2, -0.15) is 4.98 Å². The Labute approximate surface area is 142 Å². The maximum atomic E-state index is 5.39. The summed E-state index contributed by atoms with van der Waals surface area (Å²) >= 11 is 3.34. The van der Waals surface area contributed by atoms with Gasteiger partial charge in [-0.25, -0.2) is 0 Å². The summed E-state index contributed by atoms with van der Waals surface area (Å²) in [6.45, 7) is 2.06. The second kappa shape index (κ2) is 6.09. The lowest BCUT2D eigenvalue weighted by Crippen LogP contribution is -2.00. The van der Waals surface area contributed by atoms with Crippen LogP contribution in [0.15, 0.2) is 27.2 Å². The summed E-state index contributed by atoms with van der Waals surface area (Å²) in [5.74, 6) is 2.99. The van der Waals surface area contributed by atoms with Crippen LogP contribution < -0.4 is 0 Å². The summed E-state index contributed by atoms with van der Waals surface area (Å²) in [5, 5.41) is 15.7. The monoisotopic (exact) mass is 347 g/mol. The molecule has 1 aliphatic carbocycles. The lowest BCUT2D eigenvalue weighted by Gasteiger charge is -2.06. The van der Waals surface area contributed by atoms with Crippen molar-refractivity contribution in [2.75, 3.05) is 0 Å². The molecule has 1 aliphatic rings. The van der Waals surface area contributed by atoms with Crippen molar-refractivity contribution < 1.29 is 4.52 Å². The van der Waals surface area contributed by atoms with Crippen molar-refractivity contribution in [3.63, 3.8) is 0 Å². The van der Waals surface area contributed by atoms with Gasteiger partial charge in [0.1, 0.15) is 5.82 Å². The molecule has 0 unspecified atom stereocenters. The summed E-state index contributed by atoms with van der Waals surface area (Å²) in [5.41, 5.74) is 0. The molecule has 0 bridgehead atoms. The SMILES string of the molecule is C[C@@H](Sc1nnc(Cc2cccs2)n1C)c1nc(C2CC2)no1. The highest BCUT2D eigenvalue weighted by atomic mass is 32.2. The molecule has 8 heteroatoms. The summed E-state index contributed by atoms with van der Waals surface area (Å²) in [4.78, 5) is 5.80. The standard InChI is InChI=1S/C15H17N5OS2/c1-9(14-16-13(19-21-14)10-5-6-10)23-15-18-17-12(20(15)2)8-11-4-3-7-22-11/h3-4,7,9-10H,5-6,8H2,1-2H3/t9-/m1/s1. The molecule has 1 atom stereocenters. The molecule has 120 valence electrons. The molecule has 3 heterocycles. The molecule has 0 aliphatic heterocycles. The van der Waals surface area contributed by atoms with E-state index in [2.05, 4.69) is 44.8 Å². The van der Waals surface area contributed by atoms with Crippen LogP contribution >= 0.6 is 23.1 Å². The summed E-state index contributed by atoms with van der Waals surface area (Å²) in [7, 11) is 2.00. The van der Waals surface area contributed by atoms with Crippen LogP contribution in [-0.2, 0) is 13.5 Å². The number of nitrogens with zero attached hydrogens (tertiary/aromatic N) is 5. The topological polar surface area (TPSA) is 69.6 Å². The van der Waals surface area contributed by atoms with Gasteiger partial charge in [0.25, 0.3) is 0 Å². The molecule has 0 N–H and O–H groups in total. The normalized spacial score (nSPS) is 15.9. The molecule has 6 nitrogen and oxygen atoms in total. The van der Waals surface area contributed by atoms with Gasteiger partial charge in [0, 0.05) is 24.3 Å². The van der Waals surface area contributed by atoms with Crippen LogP contribution in [-0.4, -0.2) is 24.9 Å². The lowest BCUT2D eigenvalue weighted by molar-refractivity contribution is 0.374. The fourth-order valence-electron chi connectivity index (χ4n) is 2.30. The van der Waals surface area contributed by atoms with Gasteiger partial charge in [-0.15, -0.1) is 21.5 Å². The van der Waals surface area contributed by atoms with Crippen LogP contribution in [0.25, 0.3) is 0 Å². The van der Waals surface area contributed by atoms with E-state index in [0.717, 1.165) is 23.2 Å². The molecule has 4 rings (SSSR count). The zero-order valence-corrected chi connectivity index (χ0v) is 14.6. The Balaban J connectivity index is 1.46. The predicted molar refractivity (Wildman–Crippen MR) is 88.7 cm³/mol. The second-order valence-corrected chi connectivity index (χ2v) is 8.08. The number of rotatable bonds is 6. The van der Waals surface area contributed by atoms with Gasteiger partial charge >= 0.3 is 0 Å². The van der Waals surface area contributed by atoms with Gasteiger partial charge in [0.05, 0.1) is 5.25 Å². The van der Waals surface area contributed by atoms with Crippen molar-refractivity contribution >= 4 is 23.1 Å². The van der Waals surface area contributed by atoms with Crippen molar-refractivity contribution in [1.29, 1.82) is 0 Å². The Morgan fingerprint density at radius 2 is 2.30 bits per heavy atom. The number of thioether (sulfide) groups is 1. The first-order valence-electron chi connectivity index (χ1n) is 7.61. The Morgan fingerprint density at radius 1 is 1.43 bits per heavy atom. The van der Waals surface area contributed by atoms with E-state index in [1.165, 1.54) is 17.7 Å². The maximum absolute atomic E-state index is 5.39. The predicted octanol–water partition coefficient (Wildman–Crippen LogP) is 3.58. The van der Waals surface area contributed by atoms with Crippen LogP contribution in [0.4, 0.5) is 0 Å².